The van der Waals surface area contributed by atoms with E-state index in [0.29, 0.717) is 0 Å². The van der Waals surface area contributed by atoms with Gasteiger partial charge in [-0.1, -0.05) is 6.58 Å². The highest BCUT2D eigenvalue weighted by atomic mass is 32.2. The zero-order chi connectivity index (χ0) is 9.99. The van der Waals surface area contributed by atoms with Gasteiger partial charge >= 0.3 is 0 Å². The maximum absolute atomic E-state index is 10.1. The van der Waals surface area contributed by atoms with Gasteiger partial charge in [0.15, 0.2) is 0 Å². The van der Waals surface area contributed by atoms with Crippen molar-refractivity contribution in [2.45, 2.75) is 0 Å². The first-order chi connectivity index (χ1) is 5.10. The summed E-state index contributed by atoms with van der Waals surface area (Å²) in [4.78, 5) is 0. The van der Waals surface area contributed by atoms with E-state index in [-0.39, 0.29) is 5.57 Å². The van der Waals surface area contributed by atoms with Crippen LogP contribution in [0.5, 0.6) is 0 Å². The van der Waals surface area contributed by atoms with E-state index >= 15 is 0 Å². The van der Waals surface area contributed by atoms with E-state index in [0.717, 1.165) is 0 Å². The van der Waals surface area contributed by atoms with Crippen molar-refractivity contribution in [3.63, 3.8) is 0 Å². The summed E-state index contributed by atoms with van der Waals surface area (Å²) in [6.07, 6.45) is 0. The molecule has 0 fully saturated rings. The topological polar surface area (TPSA) is 109 Å². The molecule has 6 nitrogen and oxygen atoms in total. The van der Waals surface area contributed by atoms with Crippen LogP contribution in [0.4, 0.5) is 0 Å². The van der Waals surface area contributed by atoms with E-state index in [4.69, 9.17) is 9.11 Å². The molecule has 0 aliphatic rings. The molecule has 0 saturated carbocycles. The molecular weight excluding hydrogens is 208 g/mol. The van der Waals surface area contributed by atoms with Crippen LogP contribution in [0.1, 0.15) is 0 Å². The van der Waals surface area contributed by atoms with Crippen LogP contribution in [-0.4, -0.2) is 37.4 Å². The van der Waals surface area contributed by atoms with Crippen LogP contribution < -0.4 is 0 Å². The SMILES string of the molecule is C=C(CS(=O)(=O)O)CS(=O)(=O)O. The zero-order valence-corrected chi connectivity index (χ0v) is 7.60. The van der Waals surface area contributed by atoms with Crippen LogP contribution in [0.3, 0.4) is 0 Å². The van der Waals surface area contributed by atoms with Gasteiger partial charge in [0.1, 0.15) is 0 Å². The van der Waals surface area contributed by atoms with Gasteiger partial charge in [0, 0.05) is 0 Å². The summed E-state index contributed by atoms with van der Waals surface area (Å²) in [5, 5.41) is 0. The van der Waals surface area contributed by atoms with Crippen LogP contribution in [0.2, 0.25) is 0 Å². The predicted octanol–water partition coefficient (Wildman–Crippen LogP) is -0.682. The largest absolute Gasteiger partial charge is 0.285 e. The molecule has 0 aromatic carbocycles. The molecule has 0 bridgehead atoms. The fraction of sp³-hybridized carbons (Fsp3) is 0.500. The highest BCUT2D eigenvalue weighted by Gasteiger charge is 2.13. The van der Waals surface area contributed by atoms with Crippen LogP contribution in [0.15, 0.2) is 12.2 Å². The van der Waals surface area contributed by atoms with Crippen molar-refractivity contribution in [3.8, 4) is 0 Å². The van der Waals surface area contributed by atoms with Crippen molar-refractivity contribution in [3.05, 3.63) is 12.2 Å². The molecule has 0 spiro atoms. The molecule has 72 valence electrons. The standard InChI is InChI=1S/C4H8O6S2/c1-4(2-11(5,6)7)3-12(8,9)10/h1-3H2,(H,5,6,7)(H,8,9,10). The van der Waals surface area contributed by atoms with E-state index in [1.165, 1.54) is 0 Å². The normalized spacial score (nSPS) is 12.8. The first kappa shape index (κ1) is 11.6. The van der Waals surface area contributed by atoms with Crippen LogP contribution >= 0.6 is 0 Å². The lowest BCUT2D eigenvalue weighted by Crippen LogP contribution is -2.13. The first-order valence-corrected chi connectivity index (χ1v) is 5.89. The van der Waals surface area contributed by atoms with Gasteiger partial charge in [-0.2, -0.15) is 16.8 Å². The molecule has 12 heavy (non-hydrogen) atoms. The Bertz CT molecular complexity index is 324. The smallest absolute Gasteiger partial charge is 0.268 e. The Morgan fingerprint density at radius 2 is 1.25 bits per heavy atom. The second-order valence-electron chi connectivity index (χ2n) is 2.20. The third kappa shape index (κ3) is 7.66. The third-order valence-corrected chi connectivity index (χ3v) is 2.32. The minimum Gasteiger partial charge on any atom is -0.285 e. The molecule has 2 N–H and O–H groups in total. The lowest BCUT2D eigenvalue weighted by molar-refractivity contribution is 0.484. The van der Waals surface area contributed by atoms with Crippen molar-refractivity contribution in [2.24, 2.45) is 0 Å². The van der Waals surface area contributed by atoms with Crippen molar-refractivity contribution in [1.29, 1.82) is 0 Å². The van der Waals surface area contributed by atoms with Crippen LogP contribution in [0, 0.1) is 0 Å². The Kier molecular flexibility index (Phi) is 3.39. The molecule has 0 radical (unpaired) electrons. The number of rotatable bonds is 4. The van der Waals surface area contributed by atoms with Crippen molar-refractivity contribution < 1.29 is 25.9 Å². The number of hydrogen-bond donors (Lipinski definition) is 2. The second kappa shape index (κ2) is 3.52. The molecule has 0 atom stereocenters. The fourth-order valence-electron chi connectivity index (χ4n) is 0.558. The molecule has 8 heteroatoms. The van der Waals surface area contributed by atoms with Gasteiger partial charge in [-0.05, 0) is 5.57 Å². The van der Waals surface area contributed by atoms with Crippen LogP contribution in [-0.2, 0) is 20.2 Å². The predicted molar refractivity (Wildman–Crippen MR) is 42.0 cm³/mol. The van der Waals surface area contributed by atoms with E-state index < -0.39 is 31.7 Å². The van der Waals surface area contributed by atoms with E-state index in [1.54, 1.807) is 0 Å². The third-order valence-electron chi connectivity index (χ3n) is 0.773. The molecular formula is C4H8O6S2. The maximum atomic E-state index is 10.1. The molecule has 0 aromatic heterocycles. The lowest BCUT2D eigenvalue weighted by Gasteiger charge is -1.99. The lowest BCUT2D eigenvalue weighted by atomic mass is 10.4. The summed E-state index contributed by atoms with van der Waals surface area (Å²) in [6.45, 7) is 3.05. The first-order valence-electron chi connectivity index (χ1n) is 2.67. The average Bonchev–Trinajstić information content (AvgIpc) is 1.49. The van der Waals surface area contributed by atoms with Crippen molar-refractivity contribution in [2.75, 3.05) is 11.5 Å². The van der Waals surface area contributed by atoms with Gasteiger partial charge < -0.3 is 0 Å². The fourth-order valence-corrected chi connectivity index (χ4v) is 1.92. The van der Waals surface area contributed by atoms with Crippen molar-refractivity contribution >= 4 is 20.2 Å². The average molecular weight is 216 g/mol. The number of hydrogen-bond acceptors (Lipinski definition) is 4. The van der Waals surface area contributed by atoms with Gasteiger partial charge in [-0.15, -0.1) is 0 Å². The molecule has 0 amide bonds. The summed E-state index contributed by atoms with van der Waals surface area (Å²) in [5.74, 6) is -1.74. The minimum atomic E-state index is -4.27. The Labute approximate surface area is 70.4 Å². The summed E-state index contributed by atoms with van der Waals surface area (Å²) in [6, 6.07) is 0. The van der Waals surface area contributed by atoms with E-state index in [2.05, 4.69) is 6.58 Å². The highest BCUT2D eigenvalue weighted by molar-refractivity contribution is 7.87. The van der Waals surface area contributed by atoms with Crippen molar-refractivity contribution in [1.82, 2.24) is 0 Å². The molecule has 0 aromatic rings. The Hall–Kier alpha value is -0.440. The van der Waals surface area contributed by atoms with Gasteiger partial charge in [0.25, 0.3) is 20.2 Å². The Morgan fingerprint density at radius 3 is 1.42 bits per heavy atom. The van der Waals surface area contributed by atoms with Gasteiger partial charge in [-0.25, -0.2) is 0 Å². The summed E-state index contributed by atoms with van der Waals surface area (Å²) in [5.41, 5.74) is -0.292. The molecule has 0 aliphatic carbocycles. The monoisotopic (exact) mass is 216 g/mol. The molecule has 0 unspecified atom stereocenters. The summed E-state index contributed by atoms with van der Waals surface area (Å²) < 4.78 is 57.0. The van der Waals surface area contributed by atoms with Crippen LogP contribution in [0.25, 0.3) is 0 Å². The Balaban J connectivity index is 4.30. The summed E-state index contributed by atoms with van der Waals surface area (Å²) >= 11 is 0. The highest BCUT2D eigenvalue weighted by Crippen LogP contribution is 1.99. The molecule has 0 rings (SSSR count). The quantitative estimate of drug-likeness (QED) is 0.476. The minimum absolute atomic E-state index is 0.292. The van der Waals surface area contributed by atoms with E-state index in [9.17, 15) is 16.8 Å². The molecule has 0 heterocycles. The summed E-state index contributed by atoms with van der Waals surface area (Å²) in [7, 11) is -8.54. The van der Waals surface area contributed by atoms with E-state index in [1.807, 2.05) is 0 Å². The van der Waals surface area contributed by atoms with Gasteiger partial charge in [0.2, 0.25) is 0 Å². The molecule has 0 aliphatic heterocycles. The molecule has 0 saturated heterocycles. The van der Waals surface area contributed by atoms with Gasteiger partial charge in [0.05, 0.1) is 11.5 Å². The van der Waals surface area contributed by atoms with Gasteiger partial charge in [-0.3, -0.25) is 9.11 Å². The second-order valence-corrected chi connectivity index (χ2v) is 5.11. The maximum Gasteiger partial charge on any atom is 0.268 e. The zero-order valence-electron chi connectivity index (χ0n) is 5.97. The Morgan fingerprint density at radius 1 is 1.00 bits per heavy atom.